The Morgan fingerprint density at radius 3 is 2.67 bits per heavy atom. The molecule has 0 unspecified atom stereocenters. The number of hydrogen-bond acceptors (Lipinski definition) is 2. The van der Waals surface area contributed by atoms with Crippen LogP contribution in [0.4, 0.5) is 10.1 Å². The van der Waals surface area contributed by atoms with Crippen molar-refractivity contribution in [2.45, 2.75) is 13.5 Å². The lowest BCUT2D eigenvalue weighted by atomic mass is 10.1. The molecule has 0 aromatic heterocycles. The molecule has 0 aliphatic carbocycles. The van der Waals surface area contributed by atoms with E-state index in [0.29, 0.717) is 12.1 Å². The van der Waals surface area contributed by atoms with Gasteiger partial charge in [-0.05, 0) is 42.8 Å². The monoisotopic (exact) mass is 309 g/mol. The van der Waals surface area contributed by atoms with Gasteiger partial charge >= 0.3 is 0 Å². The van der Waals surface area contributed by atoms with Gasteiger partial charge in [0.25, 0.3) is 0 Å². The van der Waals surface area contributed by atoms with Gasteiger partial charge in [-0.1, -0.05) is 22.0 Å². The molecule has 2 aromatic rings. The molecular weight excluding hydrogens is 297 g/mol. The summed E-state index contributed by atoms with van der Waals surface area (Å²) in [4.78, 5) is 0. The van der Waals surface area contributed by atoms with Crippen LogP contribution in [0.2, 0.25) is 0 Å². The number of nitrogens with one attached hydrogen (secondary N) is 1. The van der Waals surface area contributed by atoms with Gasteiger partial charge in [0.2, 0.25) is 0 Å². The Balaban J connectivity index is 2.11. The molecule has 2 aromatic carbocycles. The second-order valence-corrected chi connectivity index (χ2v) is 5.00. The average molecular weight is 310 g/mol. The van der Waals surface area contributed by atoms with E-state index < -0.39 is 0 Å². The first-order valence-corrected chi connectivity index (χ1v) is 6.33. The van der Waals surface area contributed by atoms with E-state index in [1.165, 1.54) is 6.07 Å². The van der Waals surface area contributed by atoms with Crippen molar-refractivity contribution in [3.05, 3.63) is 57.8 Å². The van der Waals surface area contributed by atoms with E-state index >= 15 is 0 Å². The minimum Gasteiger partial charge on any atom is -0.508 e. The summed E-state index contributed by atoms with van der Waals surface area (Å²) in [6.45, 7) is 2.30. The van der Waals surface area contributed by atoms with Crippen molar-refractivity contribution in [3.63, 3.8) is 0 Å². The Morgan fingerprint density at radius 1 is 1.22 bits per heavy atom. The molecule has 0 aliphatic rings. The SMILES string of the molecule is Cc1cc(O)ccc1NCc1ccc(Br)cc1F. The van der Waals surface area contributed by atoms with Crippen LogP contribution in [0.5, 0.6) is 5.75 Å². The van der Waals surface area contributed by atoms with Crippen molar-refractivity contribution >= 4 is 21.6 Å². The molecule has 0 amide bonds. The zero-order chi connectivity index (χ0) is 13.1. The number of halogens is 2. The molecular formula is C14H13BrFNO. The quantitative estimate of drug-likeness (QED) is 0.832. The third kappa shape index (κ3) is 3.01. The topological polar surface area (TPSA) is 32.3 Å². The first kappa shape index (κ1) is 12.9. The highest BCUT2D eigenvalue weighted by molar-refractivity contribution is 9.10. The summed E-state index contributed by atoms with van der Waals surface area (Å²) in [5.41, 5.74) is 2.41. The Kier molecular flexibility index (Phi) is 3.87. The summed E-state index contributed by atoms with van der Waals surface area (Å²) >= 11 is 3.22. The van der Waals surface area contributed by atoms with Gasteiger partial charge < -0.3 is 10.4 Å². The van der Waals surface area contributed by atoms with E-state index in [2.05, 4.69) is 21.2 Å². The molecule has 4 heteroatoms. The van der Waals surface area contributed by atoms with Gasteiger partial charge in [0.15, 0.2) is 0 Å². The molecule has 2 N–H and O–H groups in total. The van der Waals surface area contributed by atoms with Crippen molar-refractivity contribution in [2.24, 2.45) is 0 Å². The summed E-state index contributed by atoms with van der Waals surface area (Å²) in [7, 11) is 0. The van der Waals surface area contributed by atoms with Gasteiger partial charge in [-0.3, -0.25) is 0 Å². The van der Waals surface area contributed by atoms with Gasteiger partial charge in [-0.2, -0.15) is 0 Å². The van der Waals surface area contributed by atoms with Crippen molar-refractivity contribution in [3.8, 4) is 5.75 Å². The summed E-state index contributed by atoms with van der Waals surface area (Å²) in [6, 6.07) is 10.0. The third-order valence-corrected chi connectivity index (χ3v) is 3.19. The number of phenolic OH excluding ortho intramolecular Hbond substituents is 1. The maximum Gasteiger partial charge on any atom is 0.129 e. The fraction of sp³-hybridized carbons (Fsp3) is 0.143. The zero-order valence-electron chi connectivity index (χ0n) is 9.87. The van der Waals surface area contributed by atoms with Crippen molar-refractivity contribution in [1.82, 2.24) is 0 Å². The summed E-state index contributed by atoms with van der Waals surface area (Å²) in [5, 5.41) is 12.5. The molecule has 0 fully saturated rings. The molecule has 0 spiro atoms. The van der Waals surface area contributed by atoms with E-state index in [4.69, 9.17) is 0 Å². The Bertz CT molecular complexity index is 520. The summed E-state index contributed by atoms with van der Waals surface area (Å²) in [6.07, 6.45) is 0. The Hall–Kier alpha value is -1.55. The molecule has 0 radical (unpaired) electrons. The van der Waals surface area contributed by atoms with Crippen LogP contribution < -0.4 is 5.32 Å². The predicted molar refractivity (Wildman–Crippen MR) is 74.3 cm³/mol. The van der Waals surface area contributed by atoms with Gasteiger partial charge in [0, 0.05) is 22.3 Å². The van der Waals surface area contributed by atoms with Gasteiger partial charge in [-0.25, -0.2) is 4.39 Å². The van der Waals surface area contributed by atoms with Crippen LogP contribution in [0.15, 0.2) is 40.9 Å². The molecule has 0 bridgehead atoms. The van der Waals surface area contributed by atoms with Crippen LogP contribution >= 0.6 is 15.9 Å². The number of anilines is 1. The number of phenols is 1. The molecule has 0 saturated heterocycles. The largest absolute Gasteiger partial charge is 0.508 e. The first-order valence-electron chi connectivity index (χ1n) is 5.53. The lowest BCUT2D eigenvalue weighted by Crippen LogP contribution is -2.02. The molecule has 0 heterocycles. The normalized spacial score (nSPS) is 10.4. The second-order valence-electron chi connectivity index (χ2n) is 4.09. The minimum absolute atomic E-state index is 0.230. The Morgan fingerprint density at radius 2 is 2.00 bits per heavy atom. The molecule has 18 heavy (non-hydrogen) atoms. The van der Waals surface area contributed by atoms with Gasteiger partial charge in [0.1, 0.15) is 11.6 Å². The maximum atomic E-state index is 13.6. The highest BCUT2D eigenvalue weighted by Gasteiger charge is 2.04. The fourth-order valence-electron chi connectivity index (χ4n) is 1.70. The van der Waals surface area contributed by atoms with E-state index in [-0.39, 0.29) is 11.6 Å². The number of hydrogen-bond donors (Lipinski definition) is 2. The first-order chi connectivity index (χ1) is 8.56. The van der Waals surface area contributed by atoms with E-state index in [1.54, 1.807) is 24.3 Å². The smallest absolute Gasteiger partial charge is 0.129 e. The number of rotatable bonds is 3. The van der Waals surface area contributed by atoms with Crippen LogP contribution in [0, 0.1) is 12.7 Å². The number of aromatic hydroxyl groups is 1. The van der Waals surface area contributed by atoms with Crippen LogP contribution in [0.1, 0.15) is 11.1 Å². The minimum atomic E-state index is -0.242. The summed E-state index contributed by atoms with van der Waals surface area (Å²) < 4.78 is 14.3. The second kappa shape index (κ2) is 5.40. The number of aryl methyl sites for hydroxylation is 1. The Labute approximate surface area is 114 Å². The standard InChI is InChI=1S/C14H13BrFNO/c1-9-6-12(18)4-5-14(9)17-8-10-2-3-11(15)7-13(10)16/h2-7,17-18H,8H2,1H3. The molecule has 94 valence electrons. The van der Waals surface area contributed by atoms with Crippen LogP contribution in [-0.4, -0.2) is 5.11 Å². The van der Waals surface area contributed by atoms with Gasteiger partial charge in [-0.15, -0.1) is 0 Å². The molecule has 2 nitrogen and oxygen atoms in total. The van der Waals surface area contributed by atoms with Crippen LogP contribution in [0.25, 0.3) is 0 Å². The average Bonchev–Trinajstić information content (AvgIpc) is 2.30. The third-order valence-electron chi connectivity index (χ3n) is 2.69. The highest BCUT2D eigenvalue weighted by atomic mass is 79.9. The zero-order valence-corrected chi connectivity index (χ0v) is 11.5. The van der Waals surface area contributed by atoms with E-state index in [1.807, 2.05) is 13.0 Å². The van der Waals surface area contributed by atoms with E-state index in [0.717, 1.165) is 15.7 Å². The fourth-order valence-corrected chi connectivity index (χ4v) is 2.03. The molecule has 0 atom stereocenters. The lowest BCUT2D eigenvalue weighted by molar-refractivity contribution is 0.475. The van der Waals surface area contributed by atoms with Crippen molar-refractivity contribution < 1.29 is 9.50 Å². The number of benzene rings is 2. The highest BCUT2D eigenvalue weighted by Crippen LogP contribution is 2.22. The molecule has 2 rings (SSSR count). The van der Waals surface area contributed by atoms with Crippen molar-refractivity contribution in [1.29, 1.82) is 0 Å². The van der Waals surface area contributed by atoms with Gasteiger partial charge in [0.05, 0.1) is 0 Å². The summed E-state index contributed by atoms with van der Waals surface area (Å²) in [5.74, 6) is -0.0128. The van der Waals surface area contributed by atoms with Crippen LogP contribution in [-0.2, 0) is 6.54 Å². The van der Waals surface area contributed by atoms with Crippen LogP contribution in [0.3, 0.4) is 0 Å². The lowest BCUT2D eigenvalue weighted by Gasteiger charge is -2.10. The van der Waals surface area contributed by atoms with Crippen molar-refractivity contribution in [2.75, 3.05) is 5.32 Å². The molecule has 0 saturated carbocycles. The molecule has 0 aliphatic heterocycles. The maximum absolute atomic E-state index is 13.6. The van der Waals surface area contributed by atoms with E-state index in [9.17, 15) is 9.50 Å². The predicted octanol–water partition coefficient (Wildman–Crippen LogP) is 4.21.